The van der Waals surface area contributed by atoms with Crippen LogP contribution < -0.4 is 0 Å². The van der Waals surface area contributed by atoms with Crippen molar-refractivity contribution in [1.29, 1.82) is 0 Å². The predicted octanol–water partition coefficient (Wildman–Crippen LogP) is 3.10. The molecule has 0 aliphatic rings. The normalized spacial score (nSPS) is 11.2. The van der Waals surface area contributed by atoms with Gasteiger partial charge >= 0.3 is 5.97 Å². The molecule has 0 bridgehead atoms. The molecule has 0 radical (unpaired) electrons. The molecule has 3 aromatic rings. The highest BCUT2D eigenvalue weighted by Crippen LogP contribution is 2.14. The molecule has 2 aromatic heterocycles. The third-order valence-corrected chi connectivity index (χ3v) is 4.70. The lowest BCUT2D eigenvalue weighted by Crippen LogP contribution is -2.17. The molecule has 30 heavy (non-hydrogen) atoms. The summed E-state index contributed by atoms with van der Waals surface area (Å²) in [6.45, 7) is 3.01. The number of hydrogen-bond acceptors (Lipinski definition) is 5. The van der Waals surface area contributed by atoms with E-state index in [9.17, 15) is 14.3 Å². The van der Waals surface area contributed by atoms with Crippen molar-refractivity contribution in [3.8, 4) is 0 Å². The number of nitrogens with zero attached hydrogens (tertiary/aromatic N) is 5. The van der Waals surface area contributed by atoms with Crippen molar-refractivity contribution in [2.75, 3.05) is 14.1 Å². The SMILES string of the molecule is Cc1cc(C(=O)O)cc(CCCc2nnc(CN(C)C)n2Cc2ccc(F)cc2)n1. The monoisotopic (exact) mass is 411 g/mol. The van der Waals surface area contributed by atoms with Gasteiger partial charge in [0.25, 0.3) is 0 Å². The molecule has 0 unspecified atom stereocenters. The van der Waals surface area contributed by atoms with E-state index in [0.717, 1.165) is 29.3 Å². The fraction of sp³-hybridized carbons (Fsp3) is 0.364. The number of carbonyl (C=O) groups is 1. The maximum atomic E-state index is 13.2. The summed E-state index contributed by atoms with van der Waals surface area (Å²) in [5.41, 5.74) is 2.68. The van der Waals surface area contributed by atoms with Crippen LogP contribution in [0.25, 0.3) is 0 Å². The summed E-state index contributed by atoms with van der Waals surface area (Å²) >= 11 is 0. The Kier molecular flexibility index (Phi) is 6.89. The van der Waals surface area contributed by atoms with Crippen LogP contribution >= 0.6 is 0 Å². The summed E-state index contributed by atoms with van der Waals surface area (Å²) in [6, 6.07) is 9.63. The van der Waals surface area contributed by atoms with Gasteiger partial charge in [-0.05, 0) is 63.7 Å². The van der Waals surface area contributed by atoms with Gasteiger partial charge in [-0.3, -0.25) is 4.98 Å². The molecular weight excluding hydrogens is 385 g/mol. The highest BCUT2D eigenvalue weighted by atomic mass is 19.1. The third kappa shape index (κ3) is 5.70. The Bertz CT molecular complexity index is 1010. The van der Waals surface area contributed by atoms with Crippen LogP contribution in [0.4, 0.5) is 4.39 Å². The van der Waals surface area contributed by atoms with Crippen LogP contribution in [-0.4, -0.2) is 49.8 Å². The number of hydrogen-bond donors (Lipinski definition) is 1. The molecule has 0 amide bonds. The van der Waals surface area contributed by atoms with Gasteiger partial charge in [-0.15, -0.1) is 10.2 Å². The second-order valence-electron chi connectivity index (χ2n) is 7.63. The Morgan fingerprint density at radius 3 is 2.47 bits per heavy atom. The van der Waals surface area contributed by atoms with E-state index in [-0.39, 0.29) is 11.4 Å². The largest absolute Gasteiger partial charge is 0.478 e. The van der Waals surface area contributed by atoms with Crippen LogP contribution in [0.5, 0.6) is 0 Å². The van der Waals surface area contributed by atoms with E-state index in [2.05, 4.69) is 19.7 Å². The lowest BCUT2D eigenvalue weighted by atomic mass is 10.1. The van der Waals surface area contributed by atoms with Crippen molar-refractivity contribution in [3.63, 3.8) is 0 Å². The first kappa shape index (κ1) is 21.6. The van der Waals surface area contributed by atoms with Crippen molar-refractivity contribution in [1.82, 2.24) is 24.6 Å². The van der Waals surface area contributed by atoms with Gasteiger partial charge in [0, 0.05) is 17.8 Å². The van der Waals surface area contributed by atoms with E-state index >= 15 is 0 Å². The number of aryl methyl sites for hydroxylation is 3. The van der Waals surface area contributed by atoms with Gasteiger partial charge < -0.3 is 14.6 Å². The number of aromatic nitrogens is 4. The predicted molar refractivity (Wildman–Crippen MR) is 111 cm³/mol. The Morgan fingerprint density at radius 1 is 1.10 bits per heavy atom. The number of aromatic carboxylic acids is 1. The zero-order chi connectivity index (χ0) is 21.7. The molecular formula is C22H26FN5O2. The Hall–Kier alpha value is -3.13. The number of halogens is 1. The first-order valence-electron chi connectivity index (χ1n) is 9.83. The fourth-order valence-electron chi connectivity index (χ4n) is 3.33. The van der Waals surface area contributed by atoms with Crippen molar-refractivity contribution < 1.29 is 14.3 Å². The van der Waals surface area contributed by atoms with Gasteiger partial charge in [0.2, 0.25) is 0 Å². The van der Waals surface area contributed by atoms with Crippen LogP contribution in [0.1, 0.15) is 45.4 Å². The minimum absolute atomic E-state index is 0.255. The van der Waals surface area contributed by atoms with Crippen LogP contribution in [-0.2, 0) is 25.9 Å². The lowest BCUT2D eigenvalue weighted by Gasteiger charge is -2.13. The number of carboxylic acids is 1. The zero-order valence-electron chi connectivity index (χ0n) is 17.5. The van der Waals surface area contributed by atoms with E-state index in [4.69, 9.17) is 0 Å². The molecule has 0 atom stereocenters. The van der Waals surface area contributed by atoms with Crippen LogP contribution in [0.2, 0.25) is 0 Å². The third-order valence-electron chi connectivity index (χ3n) is 4.70. The molecule has 2 heterocycles. The lowest BCUT2D eigenvalue weighted by molar-refractivity contribution is 0.0696. The molecule has 1 N–H and O–H groups in total. The van der Waals surface area contributed by atoms with E-state index in [1.54, 1.807) is 31.2 Å². The summed E-state index contributed by atoms with van der Waals surface area (Å²) < 4.78 is 15.3. The Labute approximate surface area is 175 Å². The molecule has 1 aromatic carbocycles. The molecule has 0 saturated heterocycles. The summed E-state index contributed by atoms with van der Waals surface area (Å²) in [7, 11) is 3.94. The molecule has 0 aliphatic heterocycles. The number of rotatable bonds is 9. The van der Waals surface area contributed by atoms with Crippen molar-refractivity contribution in [2.24, 2.45) is 0 Å². The second kappa shape index (κ2) is 9.58. The maximum Gasteiger partial charge on any atom is 0.335 e. The first-order valence-corrected chi connectivity index (χ1v) is 9.83. The Morgan fingerprint density at radius 2 is 1.80 bits per heavy atom. The standard InChI is InChI=1S/C22H26FN5O2/c1-15-11-17(22(29)30)12-19(24-15)5-4-6-20-25-26-21(14-27(2)3)28(20)13-16-7-9-18(23)10-8-16/h7-12H,4-6,13-14H2,1-3H3,(H,29,30). The second-order valence-corrected chi connectivity index (χ2v) is 7.63. The number of pyridine rings is 1. The quantitative estimate of drug-likeness (QED) is 0.583. The average Bonchev–Trinajstić information content (AvgIpc) is 3.04. The van der Waals surface area contributed by atoms with Crippen LogP contribution in [0, 0.1) is 12.7 Å². The van der Waals surface area contributed by atoms with Crippen molar-refractivity contribution >= 4 is 5.97 Å². The molecule has 7 nitrogen and oxygen atoms in total. The highest BCUT2D eigenvalue weighted by Gasteiger charge is 2.14. The molecule has 0 fully saturated rings. The van der Waals surface area contributed by atoms with E-state index < -0.39 is 5.97 Å². The van der Waals surface area contributed by atoms with E-state index in [1.165, 1.54) is 12.1 Å². The van der Waals surface area contributed by atoms with Crippen molar-refractivity contribution in [2.45, 2.75) is 39.3 Å². The zero-order valence-corrected chi connectivity index (χ0v) is 17.5. The number of carboxylic acid groups (broad SMARTS) is 1. The average molecular weight is 411 g/mol. The van der Waals surface area contributed by atoms with E-state index in [1.807, 2.05) is 19.0 Å². The molecule has 158 valence electrons. The topological polar surface area (TPSA) is 84.1 Å². The first-order chi connectivity index (χ1) is 14.3. The van der Waals surface area contributed by atoms with Crippen LogP contribution in [0.15, 0.2) is 36.4 Å². The molecule has 3 rings (SSSR count). The fourth-order valence-corrected chi connectivity index (χ4v) is 3.33. The maximum absolute atomic E-state index is 13.2. The summed E-state index contributed by atoms with van der Waals surface area (Å²) in [5.74, 6) is 0.486. The van der Waals surface area contributed by atoms with Gasteiger partial charge in [-0.1, -0.05) is 12.1 Å². The minimum Gasteiger partial charge on any atom is -0.478 e. The summed E-state index contributed by atoms with van der Waals surface area (Å²) in [5, 5.41) is 18.0. The van der Waals surface area contributed by atoms with Gasteiger partial charge in [0.1, 0.15) is 17.5 Å². The molecule has 8 heteroatoms. The van der Waals surface area contributed by atoms with Gasteiger partial charge in [-0.2, -0.15) is 0 Å². The van der Waals surface area contributed by atoms with Gasteiger partial charge in [0.15, 0.2) is 0 Å². The summed E-state index contributed by atoms with van der Waals surface area (Å²) in [6.07, 6.45) is 2.09. The highest BCUT2D eigenvalue weighted by molar-refractivity contribution is 5.87. The van der Waals surface area contributed by atoms with Gasteiger partial charge in [-0.25, -0.2) is 9.18 Å². The van der Waals surface area contributed by atoms with Crippen LogP contribution in [0.3, 0.4) is 0 Å². The van der Waals surface area contributed by atoms with Gasteiger partial charge in [0.05, 0.1) is 18.7 Å². The molecule has 0 saturated carbocycles. The van der Waals surface area contributed by atoms with Crippen molar-refractivity contribution in [3.05, 3.63) is 76.4 Å². The number of benzene rings is 1. The minimum atomic E-state index is -0.950. The van der Waals surface area contributed by atoms with E-state index in [0.29, 0.717) is 31.6 Å². The smallest absolute Gasteiger partial charge is 0.335 e. The summed E-state index contributed by atoms with van der Waals surface area (Å²) in [4.78, 5) is 17.7. The molecule has 0 spiro atoms. The molecule has 0 aliphatic carbocycles. The Balaban J connectivity index is 1.74.